The van der Waals surface area contributed by atoms with E-state index in [4.69, 9.17) is 10.5 Å². The molecule has 0 amide bonds. The van der Waals surface area contributed by atoms with Gasteiger partial charge in [0.1, 0.15) is 0 Å². The number of aromatic nitrogens is 1. The molecule has 2 N–H and O–H groups in total. The van der Waals surface area contributed by atoms with Crippen molar-refractivity contribution in [1.29, 1.82) is 0 Å². The number of methoxy groups -OCH3 is 1. The highest BCUT2D eigenvalue weighted by molar-refractivity contribution is 5.83. The molecule has 0 bridgehead atoms. The molecule has 0 spiro atoms. The molecule has 0 saturated heterocycles. The number of nitrogens with zero attached hydrogens (tertiary/aromatic N) is 1. The Kier molecular flexibility index (Phi) is 4.04. The Bertz CT molecular complexity index is 612. The Labute approximate surface area is 119 Å². The van der Waals surface area contributed by atoms with Gasteiger partial charge in [-0.15, -0.1) is 0 Å². The molecule has 1 aromatic carbocycles. The molecule has 0 aliphatic heterocycles. The summed E-state index contributed by atoms with van der Waals surface area (Å²) in [6.45, 7) is 3.84. The summed E-state index contributed by atoms with van der Waals surface area (Å²) in [5, 5.41) is 1.05. The number of ether oxygens (including phenoxy) is 1. The second kappa shape index (κ2) is 5.59. The number of benzene rings is 1. The summed E-state index contributed by atoms with van der Waals surface area (Å²) in [5.74, 6) is -0.407. The molecule has 2 rings (SSSR count). The Hall–Kier alpha value is -1.94. The molecule has 0 saturated carbocycles. The first-order chi connectivity index (χ1) is 9.43. The summed E-state index contributed by atoms with van der Waals surface area (Å²) in [4.78, 5) is 16.1. The van der Waals surface area contributed by atoms with Crippen LogP contribution in [0.15, 0.2) is 36.5 Å². The quantitative estimate of drug-likeness (QED) is 0.869. The van der Waals surface area contributed by atoms with Gasteiger partial charge in [-0.3, -0.25) is 9.78 Å². The van der Waals surface area contributed by atoms with E-state index in [0.29, 0.717) is 0 Å². The molecule has 1 aromatic heterocycles. The molecule has 20 heavy (non-hydrogen) atoms. The molecular formula is C16H20N2O2. The van der Waals surface area contributed by atoms with E-state index in [9.17, 15) is 4.79 Å². The van der Waals surface area contributed by atoms with Gasteiger partial charge in [0.25, 0.3) is 0 Å². The van der Waals surface area contributed by atoms with E-state index in [1.807, 2.05) is 44.2 Å². The van der Waals surface area contributed by atoms with Gasteiger partial charge < -0.3 is 10.5 Å². The van der Waals surface area contributed by atoms with Gasteiger partial charge in [0.2, 0.25) is 0 Å². The maximum atomic E-state index is 11.7. The standard InChI is InChI=1S/C16H20N2O2/c1-16(2,17)13(10-14(19)20-3)12-8-4-6-11-7-5-9-18-15(11)12/h4-9,13H,10,17H2,1-3H3. The molecule has 2 aromatic rings. The number of carbonyl (C=O) groups is 1. The predicted octanol–water partition coefficient (Wildman–Crippen LogP) is 2.62. The summed E-state index contributed by atoms with van der Waals surface area (Å²) < 4.78 is 4.79. The highest BCUT2D eigenvalue weighted by Gasteiger charge is 2.31. The highest BCUT2D eigenvalue weighted by atomic mass is 16.5. The number of para-hydroxylation sites is 1. The van der Waals surface area contributed by atoms with Crippen LogP contribution in [0.1, 0.15) is 31.7 Å². The first-order valence-electron chi connectivity index (χ1n) is 6.63. The van der Waals surface area contributed by atoms with Crippen LogP contribution in [0.2, 0.25) is 0 Å². The smallest absolute Gasteiger partial charge is 0.306 e. The summed E-state index contributed by atoms with van der Waals surface area (Å²) in [6, 6.07) is 9.86. The maximum Gasteiger partial charge on any atom is 0.306 e. The van der Waals surface area contributed by atoms with E-state index >= 15 is 0 Å². The fraction of sp³-hybridized carbons (Fsp3) is 0.375. The van der Waals surface area contributed by atoms with Crippen LogP contribution in [-0.4, -0.2) is 23.6 Å². The van der Waals surface area contributed by atoms with Crippen molar-refractivity contribution in [2.24, 2.45) is 5.73 Å². The lowest BCUT2D eigenvalue weighted by Crippen LogP contribution is -2.40. The Morgan fingerprint density at radius 3 is 2.70 bits per heavy atom. The van der Waals surface area contributed by atoms with Crippen molar-refractivity contribution < 1.29 is 9.53 Å². The third-order valence-electron chi connectivity index (χ3n) is 3.54. The van der Waals surface area contributed by atoms with Crippen molar-refractivity contribution in [3.63, 3.8) is 0 Å². The van der Waals surface area contributed by atoms with E-state index in [1.54, 1.807) is 6.20 Å². The van der Waals surface area contributed by atoms with Crippen LogP contribution in [0.4, 0.5) is 0 Å². The van der Waals surface area contributed by atoms with Crippen molar-refractivity contribution in [2.75, 3.05) is 7.11 Å². The Morgan fingerprint density at radius 2 is 2.05 bits per heavy atom. The predicted molar refractivity (Wildman–Crippen MR) is 79.4 cm³/mol. The Balaban J connectivity index is 2.54. The molecule has 0 aliphatic carbocycles. The average molecular weight is 272 g/mol. The van der Waals surface area contributed by atoms with E-state index in [2.05, 4.69) is 4.98 Å². The van der Waals surface area contributed by atoms with Crippen LogP contribution in [0, 0.1) is 0 Å². The van der Waals surface area contributed by atoms with Gasteiger partial charge in [0.15, 0.2) is 0 Å². The van der Waals surface area contributed by atoms with Crippen molar-refractivity contribution in [3.05, 3.63) is 42.1 Å². The van der Waals surface area contributed by atoms with Crippen LogP contribution in [0.25, 0.3) is 10.9 Å². The van der Waals surface area contributed by atoms with Gasteiger partial charge in [-0.05, 0) is 25.5 Å². The molecule has 4 heteroatoms. The molecule has 1 atom stereocenters. The number of fused-ring (bicyclic) bond motifs is 1. The molecule has 0 aliphatic rings. The molecule has 1 unspecified atom stereocenters. The lowest BCUT2D eigenvalue weighted by Gasteiger charge is -2.30. The molecule has 0 fully saturated rings. The van der Waals surface area contributed by atoms with Crippen molar-refractivity contribution in [3.8, 4) is 0 Å². The number of rotatable bonds is 4. The molecule has 4 nitrogen and oxygen atoms in total. The average Bonchev–Trinajstić information content (AvgIpc) is 2.43. The fourth-order valence-electron chi connectivity index (χ4n) is 2.43. The number of nitrogens with two attached hydrogens (primary N) is 1. The van der Waals surface area contributed by atoms with Gasteiger partial charge in [0.05, 0.1) is 19.0 Å². The maximum absolute atomic E-state index is 11.7. The minimum absolute atomic E-state index is 0.145. The number of carbonyl (C=O) groups excluding carboxylic acids is 1. The van der Waals surface area contributed by atoms with Crippen LogP contribution >= 0.6 is 0 Å². The van der Waals surface area contributed by atoms with Crippen molar-refractivity contribution >= 4 is 16.9 Å². The zero-order chi connectivity index (χ0) is 14.8. The zero-order valence-electron chi connectivity index (χ0n) is 12.1. The second-order valence-electron chi connectivity index (χ2n) is 5.58. The number of esters is 1. The lowest BCUT2D eigenvalue weighted by molar-refractivity contribution is -0.141. The summed E-state index contributed by atoms with van der Waals surface area (Å²) in [7, 11) is 1.39. The monoisotopic (exact) mass is 272 g/mol. The van der Waals surface area contributed by atoms with Crippen LogP contribution in [-0.2, 0) is 9.53 Å². The van der Waals surface area contributed by atoms with Gasteiger partial charge in [-0.1, -0.05) is 24.3 Å². The summed E-state index contributed by atoms with van der Waals surface area (Å²) >= 11 is 0. The van der Waals surface area contributed by atoms with Crippen LogP contribution in [0.3, 0.4) is 0 Å². The third kappa shape index (κ3) is 2.96. The molecular weight excluding hydrogens is 252 g/mol. The normalized spacial score (nSPS) is 13.2. The number of hydrogen-bond donors (Lipinski definition) is 1. The largest absolute Gasteiger partial charge is 0.469 e. The first kappa shape index (κ1) is 14.5. The molecule has 106 valence electrons. The fourth-order valence-corrected chi connectivity index (χ4v) is 2.43. The van der Waals surface area contributed by atoms with E-state index < -0.39 is 5.54 Å². The van der Waals surface area contributed by atoms with Crippen LogP contribution < -0.4 is 5.73 Å². The number of hydrogen-bond acceptors (Lipinski definition) is 4. The van der Waals surface area contributed by atoms with E-state index in [-0.39, 0.29) is 18.3 Å². The molecule has 0 radical (unpaired) electrons. The zero-order valence-corrected chi connectivity index (χ0v) is 12.1. The number of pyridine rings is 1. The minimum Gasteiger partial charge on any atom is -0.469 e. The Morgan fingerprint density at radius 1 is 1.35 bits per heavy atom. The minimum atomic E-state index is -0.542. The van der Waals surface area contributed by atoms with Gasteiger partial charge in [0, 0.05) is 23.0 Å². The van der Waals surface area contributed by atoms with Gasteiger partial charge in [-0.2, -0.15) is 0 Å². The van der Waals surface area contributed by atoms with Gasteiger partial charge in [-0.25, -0.2) is 0 Å². The molecule has 1 heterocycles. The first-order valence-corrected chi connectivity index (χ1v) is 6.63. The lowest BCUT2D eigenvalue weighted by atomic mass is 9.79. The SMILES string of the molecule is COC(=O)CC(c1cccc2cccnc12)C(C)(C)N. The highest BCUT2D eigenvalue weighted by Crippen LogP contribution is 2.33. The van der Waals surface area contributed by atoms with E-state index in [0.717, 1.165) is 16.5 Å². The topological polar surface area (TPSA) is 65.2 Å². The second-order valence-corrected chi connectivity index (χ2v) is 5.58. The summed E-state index contributed by atoms with van der Waals surface area (Å²) in [6.07, 6.45) is 2.00. The third-order valence-corrected chi connectivity index (χ3v) is 3.54. The summed E-state index contributed by atoms with van der Waals surface area (Å²) in [5.41, 5.74) is 7.61. The van der Waals surface area contributed by atoms with Gasteiger partial charge >= 0.3 is 5.97 Å². The van der Waals surface area contributed by atoms with Crippen molar-refractivity contribution in [2.45, 2.75) is 31.7 Å². The van der Waals surface area contributed by atoms with Crippen molar-refractivity contribution in [1.82, 2.24) is 4.98 Å². The van der Waals surface area contributed by atoms with E-state index in [1.165, 1.54) is 7.11 Å². The van der Waals surface area contributed by atoms with Crippen LogP contribution in [0.5, 0.6) is 0 Å².